The number of benzene rings is 1. The van der Waals surface area contributed by atoms with Crippen LogP contribution >= 0.6 is 0 Å². The van der Waals surface area contributed by atoms with Crippen LogP contribution in [0.3, 0.4) is 0 Å². The largest absolute Gasteiger partial charge is 0.376 e. The molecule has 2 saturated heterocycles. The molecule has 3 N–H and O–H groups in total. The standard InChI is InChI=1S/C24H23F2N7O/c1-14-20(27)24(13-34-14)6-9-32(10-7-24)23-29-21-19(22-28-8-11-33(22)23)18(30-31-21)5-3-15-2-4-16(25)12-17(15)26/h2,4,8,11-12,14,20H,6-7,9-10,13,27H2,1H3,(H,30,31)/t14-,20+/m0/s1. The molecule has 0 aliphatic carbocycles. The van der Waals surface area contributed by atoms with Gasteiger partial charge in [-0.05, 0) is 37.8 Å². The molecule has 4 aromatic rings. The Bertz CT molecular complexity index is 1460. The number of ether oxygens (including phenoxy) is 1. The van der Waals surface area contributed by atoms with Gasteiger partial charge in [-0.3, -0.25) is 9.50 Å². The molecule has 0 radical (unpaired) electrons. The monoisotopic (exact) mass is 463 g/mol. The number of nitrogens with one attached hydrogen (secondary N) is 1. The molecule has 0 unspecified atom stereocenters. The van der Waals surface area contributed by atoms with Crippen LogP contribution in [0.25, 0.3) is 16.7 Å². The van der Waals surface area contributed by atoms with Gasteiger partial charge in [0.1, 0.15) is 17.3 Å². The first-order valence-corrected chi connectivity index (χ1v) is 11.3. The van der Waals surface area contributed by atoms with Crippen molar-refractivity contribution in [1.29, 1.82) is 0 Å². The van der Waals surface area contributed by atoms with Crippen LogP contribution in [0.2, 0.25) is 0 Å². The molecule has 2 aliphatic heterocycles. The van der Waals surface area contributed by atoms with Crippen molar-refractivity contribution >= 4 is 22.6 Å². The lowest BCUT2D eigenvalue weighted by atomic mass is 9.73. The maximum Gasteiger partial charge on any atom is 0.213 e. The molecular formula is C24H23F2N7O. The minimum absolute atomic E-state index is 0.0143. The summed E-state index contributed by atoms with van der Waals surface area (Å²) in [5, 5.41) is 7.87. The van der Waals surface area contributed by atoms with Gasteiger partial charge in [0.2, 0.25) is 5.95 Å². The van der Waals surface area contributed by atoms with Crippen molar-refractivity contribution in [3.8, 4) is 11.8 Å². The number of nitrogens with zero attached hydrogens (tertiary/aromatic N) is 5. The van der Waals surface area contributed by atoms with Gasteiger partial charge < -0.3 is 15.4 Å². The van der Waals surface area contributed by atoms with E-state index < -0.39 is 11.6 Å². The fourth-order valence-corrected chi connectivity index (χ4v) is 5.08. The van der Waals surface area contributed by atoms with Crippen LogP contribution in [0, 0.1) is 28.9 Å². The average molecular weight is 463 g/mol. The fourth-order valence-electron chi connectivity index (χ4n) is 5.08. The van der Waals surface area contributed by atoms with Gasteiger partial charge in [-0.1, -0.05) is 5.92 Å². The van der Waals surface area contributed by atoms with E-state index in [1.54, 1.807) is 6.20 Å². The van der Waals surface area contributed by atoms with E-state index in [1.807, 2.05) is 17.5 Å². The van der Waals surface area contributed by atoms with Crippen molar-refractivity contribution in [2.45, 2.75) is 31.9 Å². The number of aromatic amines is 1. The number of nitrogens with two attached hydrogens (primary N) is 1. The summed E-state index contributed by atoms with van der Waals surface area (Å²) in [5.74, 6) is 5.01. The topological polar surface area (TPSA) is 97.4 Å². The Labute approximate surface area is 194 Å². The highest BCUT2D eigenvalue weighted by atomic mass is 19.1. The Kier molecular flexibility index (Phi) is 4.79. The minimum Gasteiger partial charge on any atom is -0.376 e. The Morgan fingerprint density at radius 3 is 2.79 bits per heavy atom. The quantitative estimate of drug-likeness (QED) is 0.421. The zero-order valence-electron chi connectivity index (χ0n) is 18.6. The fraction of sp³-hybridized carbons (Fsp3) is 0.375. The van der Waals surface area contributed by atoms with Gasteiger partial charge >= 0.3 is 0 Å². The highest BCUT2D eigenvalue weighted by Crippen LogP contribution is 2.42. The van der Waals surface area contributed by atoms with E-state index in [-0.39, 0.29) is 23.1 Å². The number of piperidine rings is 1. The van der Waals surface area contributed by atoms with Gasteiger partial charge in [-0.15, -0.1) is 0 Å². The average Bonchev–Trinajstić information content (AvgIpc) is 3.54. The summed E-state index contributed by atoms with van der Waals surface area (Å²) in [6.07, 6.45) is 5.50. The molecule has 10 heteroatoms. The van der Waals surface area contributed by atoms with Crippen molar-refractivity contribution in [1.82, 2.24) is 24.6 Å². The van der Waals surface area contributed by atoms with Gasteiger partial charge in [-0.2, -0.15) is 10.1 Å². The Morgan fingerprint density at radius 2 is 2.06 bits per heavy atom. The first-order chi connectivity index (χ1) is 16.4. The van der Waals surface area contributed by atoms with E-state index in [4.69, 9.17) is 15.5 Å². The summed E-state index contributed by atoms with van der Waals surface area (Å²) < 4.78 is 34.9. The lowest BCUT2D eigenvalue weighted by Crippen LogP contribution is -2.51. The van der Waals surface area contributed by atoms with Gasteiger partial charge in [0.05, 0.1) is 23.7 Å². The second kappa shape index (κ2) is 7.75. The molecular weight excluding hydrogens is 440 g/mol. The molecule has 0 saturated carbocycles. The third-order valence-electron chi connectivity index (χ3n) is 7.17. The number of aromatic nitrogens is 5. The van der Waals surface area contributed by atoms with E-state index >= 15 is 0 Å². The van der Waals surface area contributed by atoms with E-state index in [9.17, 15) is 8.78 Å². The van der Waals surface area contributed by atoms with Crippen molar-refractivity contribution in [3.05, 3.63) is 53.5 Å². The summed E-state index contributed by atoms with van der Waals surface area (Å²) >= 11 is 0. The predicted molar refractivity (Wildman–Crippen MR) is 122 cm³/mol. The van der Waals surface area contributed by atoms with Crippen LogP contribution in [-0.2, 0) is 4.74 Å². The number of fused-ring (bicyclic) bond motifs is 3. The molecule has 174 valence electrons. The summed E-state index contributed by atoms with van der Waals surface area (Å²) in [4.78, 5) is 11.6. The highest BCUT2D eigenvalue weighted by Gasteiger charge is 2.47. The lowest BCUT2D eigenvalue weighted by Gasteiger charge is -2.41. The molecule has 3 aromatic heterocycles. The molecule has 6 rings (SSSR count). The van der Waals surface area contributed by atoms with Crippen molar-refractivity contribution in [3.63, 3.8) is 0 Å². The highest BCUT2D eigenvalue weighted by molar-refractivity contribution is 5.94. The zero-order chi connectivity index (χ0) is 23.4. The summed E-state index contributed by atoms with van der Waals surface area (Å²) in [6, 6.07) is 3.32. The molecule has 34 heavy (non-hydrogen) atoms. The first-order valence-electron chi connectivity index (χ1n) is 11.3. The normalized spacial score (nSPS) is 21.9. The number of hydrogen-bond acceptors (Lipinski definition) is 6. The van der Waals surface area contributed by atoms with E-state index in [0.29, 0.717) is 29.0 Å². The van der Waals surface area contributed by atoms with E-state index in [2.05, 4.69) is 31.9 Å². The minimum atomic E-state index is -0.719. The molecule has 2 fully saturated rings. The molecule has 0 bridgehead atoms. The zero-order valence-corrected chi connectivity index (χ0v) is 18.6. The Hall–Kier alpha value is -3.55. The van der Waals surface area contributed by atoms with Crippen molar-refractivity contribution < 1.29 is 13.5 Å². The molecule has 5 heterocycles. The van der Waals surface area contributed by atoms with Crippen LogP contribution in [0.15, 0.2) is 30.6 Å². The number of H-pyrrole nitrogens is 1. The van der Waals surface area contributed by atoms with Gasteiger partial charge in [0, 0.05) is 43.0 Å². The third-order valence-corrected chi connectivity index (χ3v) is 7.17. The maximum atomic E-state index is 14.0. The number of anilines is 1. The van der Waals surface area contributed by atoms with Crippen molar-refractivity contribution in [2.75, 3.05) is 24.6 Å². The lowest BCUT2D eigenvalue weighted by molar-refractivity contribution is 0.0973. The molecule has 2 atom stereocenters. The number of halogens is 2. The van der Waals surface area contributed by atoms with Crippen LogP contribution in [0.5, 0.6) is 0 Å². The van der Waals surface area contributed by atoms with Crippen LogP contribution < -0.4 is 10.6 Å². The van der Waals surface area contributed by atoms with Crippen LogP contribution in [-0.4, -0.2) is 56.4 Å². The van der Waals surface area contributed by atoms with Gasteiger partial charge in [0.25, 0.3) is 0 Å². The van der Waals surface area contributed by atoms with Gasteiger partial charge in [-0.25, -0.2) is 13.8 Å². The van der Waals surface area contributed by atoms with E-state index in [1.165, 1.54) is 12.1 Å². The van der Waals surface area contributed by atoms with Gasteiger partial charge in [0.15, 0.2) is 11.3 Å². The summed E-state index contributed by atoms with van der Waals surface area (Å²) in [7, 11) is 0. The molecule has 1 aromatic carbocycles. The van der Waals surface area contributed by atoms with Crippen molar-refractivity contribution in [2.24, 2.45) is 11.1 Å². The Morgan fingerprint density at radius 1 is 1.24 bits per heavy atom. The predicted octanol–water partition coefficient (Wildman–Crippen LogP) is 2.62. The first kappa shape index (κ1) is 21.0. The number of rotatable bonds is 1. The summed E-state index contributed by atoms with van der Waals surface area (Å²) in [5.41, 5.74) is 8.18. The Balaban J connectivity index is 1.35. The second-order valence-corrected chi connectivity index (χ2v) is 9.09. The SMILES string of the molecule is C[C@@H]1OCC2(CCN(c3nc4[nH]nc(C#Cc5ccc(F)cc5F)c4c4nccn34)CC2)[C@@H]1N. The summed E-state index contributed by atoms with van der Waals surface area (Å²) in [6.45, 7) is 4.35. The molecule has 2 aliphatic rings. The van der Waals surface area contributed by atoms with Crippen LogP contribution in [0.1, 0.15) is 31.0 Å². The molecule has 1 spiro atoms. The smallest absolute Gasteiger partial charge is 0.213 e. The third kappa shape index (κ3) is 3.23. The molecule has 0 amide bonds. The van der Waals surface area contributed by atoms with E-state index in [0.717, 1.165) is 37.9 Å². The van der Waals surface area contributed by atoms with Crippen LogP contribution in [0.4, 0.5) is 14.7 Å². The molecule has 8 nitrogen and oxygen atoms in total. The number of imidazole rings is 1. The second-order valence-electron chi connectivity index (χ2n) is 9.09. The maximum absolute atomic E-state index is 14.0. The number of hydrogen-bond donors (Lipinski definition) is 2.